The molecule has 1 heterocycles. The Hall–Kier alpha value is -2.92. The molecular weight excluding hydrogens is 350 g/mol. The number of amides is 1. The number of hydrogen-bond acceptors (Lipinski definition) is 4. The second-order valence-electron chi connectivity index (χ2n) is 5.64. The van der Waals surface area contributed by atoms with Gasteiger partial charge in [-0.05, 0) is 36.2 Å². The van der Waals surface area contributed by atoms with Gasteiger partial charge in [0.25, 0.3) is 5.91 Å². The number of carbonyl (C=O) groups is 1. The molecule has 6 heteroatoms. The molecule has 0 saturated carbocycles. The number of hydrogen-bond donors (Lipinski definition) is 1. The lowest BCUT2D eigenvalue weighted by Crippen LogP contribution is -2.24. The average molecular weight is 368 g/mol. The summed E-state index contributed by atoms with van der Waals surface area (Å²) in [5.74, 6) is 0.286. The molecule has 2 aromatic carbocycles. The summed E-state index contributed by atoms with van der Waals surface area (Å²) in [6, 6.07) is 17.1. The number of hydrazone groups is 1. The van der Waals surface area contributed by atoms with Crippen molar-refractivity contribution < 1.29 is 9.53 Å². The van der Waals surface area contributed by atoms with Gasteiger partial charge in [-0.2, -0.15) is 5.10 Å². The average Bonchev–Trinajstić information content (AvgIpc) is 2.67. The van der Waals surface area contributed by atoms with Gasteiger partial charge in [0, 0.05) is 10.9 Å². The molecule has 132 valence electrons. The van der Waals surface area contributed by atoms with E-state index in [0.29, 0.717) is 16.5 Å². The molecule has 0 aliphatic rings. The Balaban J connectivity index is 1.56. The molecule has 0 saturated heterocycles. The van der Waals surface area contributed by atoms with Gasteiger partial charge >= 0.3 is 0 Å². The number of fused-ring (bicyclic) bond motifs is 1. The predicted octanol–water partition coefficient (Wildman–Crippen LogP) is 3.98. The van der Waals surface area contributed by atoms with Crippen LogP contribution in [0, 0.1) is 0 Å². The molecule has 0 fully saturated rings. The van der Waals surface area contributed by atoms with Crippen LogP contribution in [0.5, 0.6) is 5.75 Å². The molecule has 0 spiro atoms. The fraction of sp³-hybridized carbons (Fsp3) is 0.150. The molecule has 26 heavy (non-hydrogen) atoms. The molecule has 0 bridgehead atoms. The minimum absolute atomic E-state index is 0.119. The number of halogens is 1. The van der Waals surface area contributed by atoms with Gasteiger partial charge < -0.3 is 4.74 Å². The first-order valence-electron chi connectivity index (χ1n) is 8.24. The first-order valence-corrected chi connectivity index (χ1v) is 8.62. The second-order valence-corrected chi connectivity index (χ2v) is 6.00. The standard InChI is InChI=1S/C20H18ClN3O2/c1-2-14-7-9-17(10-8-14)26-13-19(25)24-22-12-16-11-15-5-3-4-6-18(15)23-20(16)21/h3-12H,2,13H2,1H3,(H,24,25)/b22-12-. The van der Waals surface area contributed by atoms with E-state index in [1.54, 1.807) is 0 Å². The molecule has 1 amide bonds. The third-order valence-electron chi connectivity index (χ3n) is 3.80. The lowest BCUT2D eigenvalue weighted by atomic mass is 10.2. The van der Waals surface area contributed by atoms with Crippen molar-refractivity contribution in [2.75, 3.05) is 6.61 Å². The lowest BCUT2D eigenvalue weighted by molar-refractivity contribution is -0.123. The molecule has 0 radical (unpaired) electrons. The summed E-state index contributed by atoms with van der Waals surface area (Å²) in [6.07, 6.45) is 2.43. The zero-order valence-corrected chi connectivity index (χ0v) is 15.0. The molecule has 5 nitrogen and oxygen atoms in total. The maximum atomic E-state index is 11.8. The minimum Gasteiger partial charge on any atom is -0.484 e. The van der Waals surface area contributed by atoms with Gasteiger partial charge in [-0.3, -0.25) is 4.79 Å². The molecule has 0 aliphatic carbocycles. The van der Waals surface area contributed by atoms with Gasteiger partial charge in [-0.1, -0.05) is 48.9 Å². The Morgan fingerprint density at radius 1 is 1.23 bits per heavy atom. The number of aromatic nitrogens is 1. The summed E-state index contributed by atoms with van der Waals surface area (Å²) >= 11 is 6.14. The highest BCUT2D eigenvalue weighted by Crippen LogP contribution is 2.18. The van der Waals surface area contributed by atoms with E-state index in [-0.39, 0.29) is 12.5 Å². The van der Waals surface area contributed by atoms with Gasteiger partial charge in [0.15, 0.2) is 6.61 Å². The Morgan fingerprint density at radius 2 is 2.00 bits per heavy atom. The van der Waals surface area contributed by atoms with E-state index in [2.05, 4.69) is 22.4 Å². The molecular formula is C20H18ClN3O2. The Labute approximate surface area is 156 Å². The Morgan fingerprint density at radius 3 is 2.77 bits per heavy atom. The molecule has 3 aromatic rings. The van der Waals surface area contributed by atoms with E-state index in [0.717, 1.165) is 17.3 Å². The van der Waals surface area contributed by atoms with Crippen LogP contribution >= 0.6 is 11.6 Å². The van der Waals surface area contributed by atoms with Crippen molar-refractivity contribution >= 4 is 34.6 Å². The SMILES string of the molecule is CCc1ccc(OCC(=O)N/N=C\c2cc3ccccc3nc2Cl)cc1. The van der Waals surface area contributed by atoms with E-state index >= 15 is 0 Å². The summed E-state index contributed by atoms with van der Waals surface area (Å²) in [7, 11) is 0. The minimum atomic E-state index is -0.356. The molecule has 1 N–H and O–H groups in total. The number of aryl methyl sites for hydroxylation is 1. The van der Waals surface area contributed by atoms with Crippen LogP contribution in [0.3, 0.4) is 0 Å². The van der Waals surface area contributed by atoms with Crippen LogP contribution in [-0.2, 0) is 11.2 Å². The van der Waals surface area contributed by atoms with Crippen molar-refractivity contribution in [1.82, 2.24) is 10.4 Å². The third-order valence-corrected chi connectivity index (χ3v) is 4.10. The maximum absolute atomic E-state index is 11.8. The highest BCUT2D eigenvalue weighted by atomic mass is 35.5. The third kappa shape index (κ3) is 4.58. The zero-order valence-electron chi connectivity index (χ0n) is 14.3. The summed E-state index contributed by atoms with van der Waals surface area (Å²) in [4.78, 5) is 16.1. The quantitative estimate of drug-likeness (QED) is 0.407. The van der Waals surface area contributed by atoms with E-state index in [1.807, 2.05) is 54.6 Å². The number of carbonyl (C=O) groups excluding carboxylic acids is 1. The van der Waals surface area contributed by atoms with E-state index in [9.17, 15) is 4.79 Å². The summed E-state index contributed by atoms with van der Waals surface area (Å²) < 4.78 is 5.43. The highest BCUT2D eigenvalue weighted by molar-refractivity contribution is 6.32. The zero-order chi connectivity index (χ0) is 18.4. The van der Waals surface area contributed by atoms with Crippen molar-refractivity contribution in [2.24, 2.45) is 5.10 Å². The number of rotatable bonds is 6. The van der Waals surface area contributed by atoms with Crippen molar-refractivity contribution in [2.45, 2.75) is 13.3 Å². The molecule has 1 aromatic heterocycles. The second kappa shape index (κ2) is 8.45. The van der Waals surface area contributed by atoms with Crippen molar-refractivity contribution in [3.05, 3.63) is 70.9 Å². The van der Waals surface area contributed by atoms with E-state index < -0.39 is 0 Å². The van der Waals surface area contributed by atoms with Crippen LogP contribution < -0.4 is 10.2 Å². The van der Waals surface area contributed by atoms with Crippen LogP contribution in [0.4, 0.5) is 0 Å². The van der Waals surface area contributed by atoms with Gasteiger partial charge in [-0.15, -0.1) is 0 Å². The summed E-state index contributed by atoms with van der Waals surface area (Å²) in [5.41, 5.74) is 5.07. The highest BCUT2D eigenvalue weighted by Gasteiger charge is 2.04. The Kier molecular flexibility index (Phi) is 5.81. The van der Waals surface area contributed by atoms with E-state index in [1.165, 1.54) is 11.8 Å². The van der Waals surface area contributed by atoms with Crippen molar-refractivity contribution in [3.63, 3.8) is 0 Å². The number of nitrogens with one attached hydrogen (secondary N) is 1. The number of para-hydroxylation sites is 1. The smallest absolute Gasteiger partial charge is 0.277 e. The fourth-order valence-electron chi connectivity index (χ4n) is 2.38. The van der Waals surface area contributed by atoms with Crippen LogP contribution in [0.1, 0.15) is 18.1 Å². The molecule has 0 atom stereocenters. The molecule has 0 unspecified atom stereocenters. The van der Waals surface area contributed by atoms with Gasteiger partial charge in [0.05, 0.1) is 11.7 Å². The number of ether oxygens (including phenoxy) is 1. The Bertz CT molecular complexity index is 939. The normalized spacial score (nSPS) is 11.0. The van der Waals surface area contributed by atoms with Gasteiger partial charge in [0.2, 0.25) is 0 Å². The largest absolute Gasteiger partial charge is 0.484 e. The summed E-state index contributed by atoms with van der Waals surface area (Å²) in [6.45, 7) is 1.96. The number of nitrogens with zero attached hydrogens (tertiary/aromatic N) is 2. The number of pyridine rings is 1. The molecule has 3 rings (SSSR count). The van der Waals surface area contributed by atoms with Gasteiger partial charge in [-0.25, -0.2) is 10.4 Å². The van der Waals surface area contributed by atoms with Gasteiger partial charge in [0.1, 0.15) is 10.9 Å². The topological polar surface area (TPSA) is 63.6 Å². The van der Waals surface area contributed by atoms with Crippen molar-refractivity contribution in [1.29, 1.82) is 0 Å². The van der Waals surface area contributed by atoms with Crippen LogP contribution in [0.2, 0.25) is 5.15 Å². The lowest BCUT2D eigenvalue weighted by Gasteiger charge is -2.06. The predicted molar refractivity (Wildman–Crippen MR) is 104 cm³/mol. The monoisotopic (exact) mass is 367 g/mol. The molecule has 0 aliphatic heterocycles. The summed E-state index contributed by atoms with van der Waals surface area (Å²) in [5, 5.41) is 5.20. The fourth-order valence-corrected chi connectivity index (χ4v) is 2.57. The van der Waals surface area contributed by atoms with Crippen molar-refractivity contribution in [3.8, 4) is 5.75 Å². The van der Waals surface area contributed by atoms with Crippen LogP contribution in [-0.4, -0.2) is 23.7 Å². The number of benzene rings is 2. The first kappa shape index (κ1) is 17.9. The maximum Gasteiger partial charge on any atom is 0.277 e. The van der Waals surface area contributed by atoms with Crippen LogP contribution in [0.25, 0.3) is 10.9 Å². The van der Waals surface area contributed by atoms with Crippen LogP contribution in [0.15, 0.2) is 59.7 Å². The van der Waals surface area contributed by atoms with E-state index in [4.69, 9.17) is 16.3 Å². The first-order chi connectivity index (χ1) is 12.7.